The van der Waals surface area contributed by atoms with E-state index in [1.165, 1.54) is 38.9 Å². The van der Waals surface area contributed by atoms with Gasteiger partial charge in [-0.1, -0.05) is 0 Å². The van der Waals surface area contributed by atoms with Crippen molar-refractivity contribution in [1.29, 1.82) is 0 Å². The molecular formula is C12H24N2O2. The molecule has 0 atom stereocenters. The van der Waals surface area contributed by atoms with E-state index in [4.69, 9.17) is 5.11 Å². The van der Waals surface area contributed by atoms with E-state index in [1.54, 1.807) is 0 Å². The van der Waals surface area contributed by atoms with Crippen LogP contribution in [0.25, 0.3) is 0 Å². The summed E-state index contributed by atoms with van der Waals surface area (Å²) in [6, 6.07) is 0. The van der Waals surface area contributed by atoms with Crippen molar-refractivity contribution in [3.8, 4) is 0 Å². The Hall–Kier alpha value is -0.610. The zero-order chi connectivity index (χ0) is 11.6. The first kappa shape index (κ1) is 13.5. The molecule has 0 bridgehead atoms. The Bertz CT molecular complexity index is 191. The molecule has 0 spiro atoms. The molecule has 1 aliphatic rings. The Morgan fingerprint density at radius 3 is 2.50 bits per heavy atom. The summed E-state index contributed by atoms with van der Waals surface area (Å²) in [4.78, 5) is 12.8. The molecule has 0 radical (unpaired) electrons. The van der Waals surface area contributed by atoms with E-state index in [2.05, 4.69) is 10.2 Å². The lowest BCUT2D eigenvalue weighted by molar-refractivity contribution is -0.137. The number of carbonyl (C=O) groups is 1. The molecule has 0 amide bonds. The van der Waals surface area contributed by atoms with Gasteiger partial charge in [0.15, 0.2) is 0 Å². The Labute approximate surface area is 98.0 Å². The first-order valence-corrected chi connectivity index (χ1v) is 6.44. The number of carboxylic acids is 1. The Balaban J connectivity index is 1.76. The van der Waals surface area contributed by atoms with Crippen molar-refractivity contribution in [1.82, 2.24) is 10.2 Å². The molecule has 1 fully saturated rings. The first-order chi connectivity index (χ1) is 7.79. The van der Waals surface area contributed by atoms with Crippen LogP contribution in [0.3, 0.4) is 0 Å². The highest BCUT2D eigenvalue weighted by molar-refractivity contribution is 5.66. The predicted octanol–water partition coefficient (Wildman–Crippen LogP) is 1.32. The smallest absolute Gasteiger partial charge is 0.303 e. The third-order valence-electron chi connectivity index (χ3n) is 3.02. The molecule has 1 saturated heterocycles. The maximum absolute atomic E-state index is 10.3. The standard InChI is InChI=1S/C12H24N2O2/c15-12(16)6-1-2-7-13-8-5-11-14-9-3-4-10-14/h13H,1-11H2,(H,15,16). The molecule has 1 aliphatic heterocycles. The summed E-state index contributed by atoms with van der Waals surface area (Å²) in [6.07, 6.45) is 5.99. The molecule has 16 heavy (non-hydrogen) atoms. The van der Waals surface area contributed by atoms with Gasteiger partial charge in [-0.05, 0) is 64.8 Å². The number of unbranched alkanes of at least 4 members (excludes halogenated alkanes) is 1. The molecule has 0 saturated carbocycles. The summed E-state index contributed by atoms with van der Waals surface area (Å²) in [5, 5.41) is 11.8. The maximum Gasteiger partial charge on any atom is 0.303 e. The van der Waals surface area contributed by atoms with Gasteiger partial charge in [-0.15, -0.1) is 0 Å². The molecule has 4 heteroatoms. The average Bonchev–Trinajstić information content (AvgIpc) is 2.74. The highest BCUT2D eigenvalue weighted by atomic mass is 16.4. The minimum atomic E-state index is -0.686. The highest BCUT2D eigenvalue weighted by Gasteiger charge is 2.09. The molecule has 0 aromatic rings. The van der Waals surface area contributed by atoms with Gasteiger partial charge in [0.05, 0.1) is 0 Å². The molecule has 0 aliphatic carbocycles. The lowest BCUT2D eigenvalue weighted by atomic mass is 10.2. The van der Waals surface area contributed by atoms with Crippen LogP contribution in [0.2, 0.25) is 0 Å². The summed E-state index contributed by atoms with van der Waals surface area (Å²) in [5.41, 5.74) is 0. The van der Waals surface area contributed by atoms with Crippen molar-refractivity contribution in [2.75, 3.05) is 32.7 Å². The van der Waals surface area contributed by atoms with Crippen LogP contribution in [0.5, 0.6) is 0 Å². The SMILES string of the molecule is O=C(O)CCCCNCCCN1CCCC1. The van der Waals surface area contributed by atoms with E-state index >= 15 is 0 Å². The number of nitrogens with zero attached hydrogens (tertiary/aromatic N) is 1. The number of hydrogen-bond acceptors (Lipinski definition) is 3. The Morgan fingerprint density at radius 1 is 1.12 bits per heavy atom. The molecule has 0 aromatic carbocycles. The molecule has 2 N–H and O–H groups in total. The average molecular weight is 228 g/mol. The van der Waals surface area contributed by atoms with Crippen molar-refractivity contribution < 1.29 is 9.90 Å². The van der Waals surface area contributed by atoms with Gasteiger partial charge in [0.1, 0.15) is 0 Å². The molecule has 4 nitrogen and oxygen atoms in total. The number of nitrogens with one attached hydrogen (secondary N) is 1. The molecular weight excluding hydrogens is 204 g/mol. The van der Waals surface area contributed by atoms with Crippen molar-refractivity contribution in [2.24, 2.45) is 0 Å². The second kappa shape index (κ2) is 8.53. The largest absolute Gasteiger partial charge is 0.481 e. The fraction of sp³-hybridized carbons (Fsp3) is 0.917. The van der Waals surface area contributed by atoms with E-state index in [0.717, 1.165) is 25.9 Å². The first-order valence-electron chi connectivity index (χ1n) is 6.44. The van der Waals surface area contributed by atoms with Gasteiger partial charge in [-0.25, -0.2) is 0 Å². The summed E-state index contributed by atoms with van der Waals surface area (Å²) >= 11 is 0. The van der Waals surface area contributed by atoms with Crippen LogP contribution in [0, 0.1) is 0 Å². The number of hydrogen-bond donors (Lipinski definition) is 2. The molecule has 0 aromatic heterocycles. The van der Waals surface area contributed by atoms with E-state index in [0.29, 0.717) is 6.42 Å². The normalized spacial score (nSPS) is 16.8. The topological polar surface area (TPSA) is 52.6 Å². The van der Waals surface area contributed by atoms with Crippen LogP contribution >= 0.6 is 0 Å². The van der Waals surface area contributed by atoms with Crippen molar-refractivity contribution >= 4 is 5.97 Å². The van der Waals surface area contributed by atoms with Crippen LogP contribution in [-0.2, 0) is 4.79 Å². The molecule has 94 valence electrons. The van der Waals surface area contributed by atoms with Gasteiger partial charge in [0, 0.05) is 6.42 Å². The van der Waals surface area contributed by atoms with E-state index in [9.17, 15) is 4.79 Å². The van der Waals surface area contributed by atoms with Gasteiger partial charge in [-0.3, -0.25) is 4.79 Å². The minimum absolute atomic E-state index is 0.301. The second-order valence-electron chi connectivity index (χ2n) is 4.50. The summed E-state index contributed by atoms with van der Waals surface area (Å²) in [5.74, 6) is -0.686. The summed E-state index contributed by atoms with van der Waals surface area (Å²) in [7, 11) is 0. The lowest BCUT2D eigenvalue weighted by Gasteiger charge is -2.14. The molecule has 0 unspecified atom stereocenters. The third-order valence-corrected chi connectivity index (χ3v) is 3.02. The van der Waals surface area contributed by atoms with Crippen LogP contribution in [0.1, 0.15) is 38.5 Å². The molecule has 1 heterocycles. The van der Waals surface area contributed by atoms with Gasteiger partial charge in [0.25, 0.3) is 0 Å². The zero-order valence-electron chi connectivity index (χ0n) is 10.1. The van der Waals surface area contributed by atoms with Gasteiger partial charge in [-0.2, -0.15) is 0 Å². The second-order valence-corrected chi connectivity index (χ2v) is 4.50. The van der Waals surface area contributed by atoms with Crippen LogP contribution in [-0.4, -0.2) is 48.7 Å². The van der Waals surface area contributed by atoms with Crippen LogP contribution in [0.4, 0.5) is 0 Å². The Kier molecular flexibility index (Phi) is 7.17. The fourth-order valence-corrected chi connectivity index (χ4v) is 2.09. The number of carboxylic acid groups (broad SMARTS) is 1. The Morgan fingerprint density at radius 2 is 1.81 bits per heavy atom. The van der Waals surface area contributed by atoms with Gasteiger partial charge < -0.3 is 15.3 Å². The lowest BCUT2D eigenvalue weighted by Crippen LogP contribution is -2.25. The zero-order valence-corrected chi connectivity index (χ0v) is 10.1. The van der Waals surface area contributed by atoms with E-state index < -0.39 is 5.97 Å². The predicted molar refractivity (Wildman–Crippen MR) is 64.6 cm³/mol. The number of likely N-dealkylation sites (tertiary alicyclic amines) is 1. The number of aliphatic carboxylic acids is 1. The van der Waals surface area contributed by atoms with Crippen molar-refractivity contribution in [3.05, 3.63) is 0 Å². The third kappa shape index (κ3) is 6.80. The van der Waals surface area contributed by atoms with Crippen LogP contribution < -0.4 is 5.32 Å². The summed E-state index contributed by atoms with van der Waals surface area (Å²) in [6.45, 7) is 5.77. The minimum Gasteiger partial charge on any atom is -0.481 e. The summed E-state index contributed by atoms with van der Waals surface area (Å²) < 4.78 is 0. The quantitative estimate of drug-likeness (QED) is 0.584. The van der Waals surface area contributed by atoms with Gasteiger partial charge >= 0.3 is 5.97 Å². The fourth-order valence-electron chi connectivity index (χ4n) is 2.09. The molecule has 1 rings (SSSR count). The van der Waals surface area contributed by atoms with Crippen molar-refractivity contribution in [3.63, 3.8) is 0 Å². The monoisotopic (exact) mass is 228 g/mol. The number of rotatable bonds is 9. The van der Waals surface area contributed by atoms with Gasteiger partial charge in [0.2, 0.25) is 0 Å². The highest BCUT2D eigenvalue weighted by Crippen LogP contribution is 2.06. The van der Waals surface area contributed by atoms with E-state index in [-0.39, 0.29) is 0 Å². The maximum atomic E-state index is 10.3. The van der Waals surface area contributed by atoms with Crippen molar-refractivity contribution in [2.45, 2.75) is 38.5 Å². The van der Waals surface area contributed by atoms with Crippen LogP contribution in [0.15, 0.2) is 0 Å². The van der Waals surface area contributed by atoms with E-state index in [1.807, 2.05) is 0 Å².